The molecule has 0 heterocycles. The van der Waals surface area contributed by atoms with E-state index in [1.807, 2.05) is 0 Å². The lowest BCUT2D eigenvalue weighted by molar-refractivity contribution is -0.131. The zero-order valence-corrected chi connectivity index (χ0v) is 10.9. The molecule has 0 aliphatic rings. The molecule has 0 aromatic carbocycles. The van der Waals surface area contributed by atoms with Crippen LogP contribution in [-0.4, -0.2) is 32.8 Å². The second kappa shape index (κ2) is 6.55. The van der Waals surface area contributed by atoms with Crippen LogP contribution in [0.3, 0.4) is 0 Å². The molecular formula is C8H14BrO5P. The van der Waals surface area contributed by atoms with Gasteiger partial charge in [0.25, 0.3) is 0 Å². The van der Waals surface area contributed by atoms with Gasteiger partial charge in [-0.1, -0.05) is 22.5 Å². The topological polar surface area (TPSA) is 83.8 Å². The molecule has 0 aromatic heterocycles. The second-order valence-corrected chi connectivity index (χ2v) is 5.34. The molecular weight excluding hydrogens is 287 g/mol. The van der Waals surface area contributed by atoms with Crippen LogP contribution in [0.1, 0.15) is 13.3 Å². The molecule has 0 aromatic rings. The van der Waals surface area contributed by atoms with Crippen LogP contribution < -0.4 is 0 Å². The Balaban J connectivity index is 4.15. The number of hydrogen-bond donors (Lipinski definition) is 2. The number of rotatable bonds is 7. The van der Waals surface area contributed by atoms with Crippen molar-refractivity contribution in [2.45, 2.75) is 23.8 Å². The van der Waals surface area contributed by atoms with E-state index in [0.717, 1.165) is 6.08 Å². The van der Waals surface area contributed by atoms with E-state index in [1.165, 1.54) is 6.92 Å². The first kappa shape index (κ1) is 15.0. The summed E-state index contributed by atoms with van der Waals surface area (Å²) in [5, 5.41) is 9.68. The van der Waals surface area contributed by atoms with E-state index in [-0.39, 0.29) is 17.9 Å². The fraction of sp³-hybridized carbons (Fsp3) is 0.625. The Morgan fingerprint density at radius 3 is 2.73 bits per heavy atom. The number of halogens is 1. The highest BCUT2D eigenvalue weighted by molar-refractivity contribution is 9.09. The van der Waals surface area contributed by atoms with Crippen molar-refractivity contribution in [1.82, 2.24) is 0 Å². The van der Waals surface area contributed by atoms with Gasteiger partial charge >= 0.3 is 8.25 Å². The zero-order chi connectivity index (χ0) is 12.1. The number of carbonyl (C=O) groups is 1. The predicted octanol–water partition coefficient (Wildman–Crippen LogP) is 1.04. The quantitative estimate of drug-likeness (QED) is 0.417. The molecule has 0 saturated carbocycles. The Labute approximate surface area is 97.2 Å². The van der Waals surface area contributed by atoms with Crippen molar-refractivity contribution in [2.24, 2.45) is 0 Å². The van der Waals surface area contributed by atoms with Crippen molar-refractivity contribution in [3.05, 3.63) is 12.7 Å². The van der Waals surface area contributed by atoms with Crippen molar-refractivity contribution in [2.75, 3.05) is 6.61 Å². The van der Waals surface area contributed by atoms with Gasteiger partial charge in [-0.15, -0.1) is 0 Å². The summed E-state index contributed by atoms with van der Waals surface area (Å²) in [5.74, 6) is -0.497. The molecule has 0 amide bonds. The lowest BCUT2D eigenvalue weighted by Crippen LogP contribution is -2.37. The molecule has 3 atom stereocenters. The fourth-order valence-electron chi connectivity index (χ4n) is 0.972. The summed E-state index contributed by atoms with van der Waals surface area (Å²) in [6.45, 7) is 4.58. The van der Waals surface area contributed by atoms with Crippen LogP contribution in [0.25, 0.3) is 0 Å². The molecule has 0 bridgehead atoms. The SMILES string of the molecule is C=CC(=O)C(C)(O)CC(Br)CO[PH](=O)O. The van der Waals surface area contributed by atoms with E-state index in [9.17, 15) is 14.5 Å². The van der Waals surface area contributed by atoms with E-state index in [4.69, 9.17) is 4.89 Å². The summed E-state index contributed by atoms with van der Waals surface area (Å²) in [5.41, 5.74) is -1.54. The Kier molecular flexibility index (Phi) is 6.55. The molecule has 0 radical (unpaired) electrons. The summed E-state index contributed by atoms with van der Waals surface area (Å²) < 4.78 is 14.7. The maximum absolute atomic E-state index is 11.2. The van der Waals surface area contributed by atoms with Crippen LogP contribution >= 0.6 is 24.2 Å². The molecule has 5 nitrogen and oxygen atoms in total. The Morgan fingerprint density at radius 1 is 1.80 bits per heavy atom. The molecule has 88 valence electrons. The maximum atomic E-state index is 11.2. The largest absolute Gasteiger partial charge is 0.382 e. The van der Waals surface area contributed by atoms with Crippen LogP contribution in [-0.2, 0) is 13.9 Å². The van der Waals surface area contributed by atoms with E-state index >= 15 is 0 Å². The third-order valence-electron chi connectivity index (χ3n) is 1.72. The van der Waals surface area contributed by atoms with Crippen LogP contribution in [0.15, 0.2) is 12.7 Å². The van der Waals surface area contributed by atoms with Gasteiger partial charge in [0.2, 0.25) is 0 Å². The molecule has 7 heteroatoms. The second-order valence-electron chi connectivity index (χ2n) is 3.22. The van der Waals surface area contributed by atoms with E-state index in [1.54, 1.807) is 0 Å². The smallest absolute Gasteiger partial charge is 0.316 e. The van der Waals surface area contributed by atoms with Crippen molar-refractivity contribution < 1.29 is 23.9 Å². The standard InChI is InChI=1S/C8H14BrO5P/c1-3-7(10)8(2,11)4-6(9)5-14-15(12)13/h3,6,11,15H,1,4-5H2,2H3,(H,12,13). The first-order valence-electron chi connectivity index (χ1n) is 4.18. The van der Waals surface area contributed by atoms with Crippen LogP contribution in [0, 0.1) is 0 Å². The number of hydrogen-bond acceptors (Lipinski definition) is 4. The minimum absolute atomic E-state index is 0.0468. The van der Waals surface area contributed by atoms with Gasteiger partial charge < -0.3 is 14.5 Å². The maximum Gasteiger partial charge on any atom is 0.316 e. The average Bonchev–Trinajstić information content (AvgIpc) is 2.12. The monoisotopic (exact) mass is 300 g/mol. The number of carbonyl (C=O) groups excluding carboxylic acids is 1. The molecule has 0 aliphatic carbocycles. The molecule has 3 unspecified atom stereocenters. The minimum Gasteiger partial charge on any atom is -0.382 e. The van der Waals surface area contributed by atoms with E-state index in [2.05, 4.69) is 27.0 Å². The highest BCUT2D eigenvalue weighted by Gasteiger charge is 2.30. The summed E-state index contributed by atoms with van der Waals surface area (Å²) >= 11 is 3.13. The van der Waals surface area contributed by atoms with Crippen LogP contribution in [0.4, 0.5) is 0 Å². The number of ketones is 1. The van der Waals surface area contributed by atoms with Gasteiger partial charge in [-0.25, -0.2) is 0 Å². The van der Waals surface area contributed by atoms with Gasteiger partial charge in [-0.05, 0) is 19.4 Å². The van der Waals surface area contributed by atoms with Gasteiger partial charge in [0.05, 0.1) is 6.61 Å². The van der Waals surface area contributed by atoms with Crippen molar-refractivity contribution >= 4 is 30.0 Å². The Hall–Kier alpha value is -0.000000000000000160. The van der Waals surface area contributed by atoms with Crippen LogP contribution in [0.5, 0.6) is 0 Å². The summed E-state index contributed by atoms with van der Waals surface area (Å²) in [6.07, 6.45) is 1.11. The fourth-order valence-corrected chi connectivity index (χ4v) is 2.32. The molecule has 0 spiro atoms. The number of aliphatic hydroxyl groups is 1. The highest BCUT2D eigenvalue weighted by Crippen LogP contribution is 2.23. The highest BCUT2D eigenvalue weighted by atomic mass is 79.9. The molecule has 2 N–H and O–H groups in total. The summed E-state index contributed by atoms with van der Waals surface area (Å²) in [4.78, 5) is 19.2. The average molecular weight is 301 g/mol. The molecule has 0 aliphatic heterocycles. The van der Waals surface area contributed by atoms with Gasteiger partial charge in [0.1, 0.15) is 5.60 Å². The van der Waals surface area contributed by atoms with Crippen molar-refractivity contribution in [3.8, 4) is 0 Å². The van der Waals surface area contributed by atoms with E-state index < -0.39 is 19.6 Å². The predicted molar refractivity (Wildman–Crippen MR) is 60.3 cm³/mol. The molecule has 15 heavy (non-hydrogen) atoms. The van der Waals surface area contributed by atoms with Gasteiger partial charge in [-0.2, -0.15) is 0 Å². The lowest BCUT2D eigenvalue weighted by atomic mass is 9.95. The summed E-state index contributed by atoms with van der Waals surface area (Å²) in [6, 6.07) is 0. The lowest BCUT2D eigenvalue weighted by Gasteiger charge is -2.22. The van der Waals surface area contributed by atoms with Crippen molar-refractivity contribution in [3.63, 3.8) is 0 Å². The molecule has 0 saturated heterocycles. The summed E-state index contributed by atoms with van der Waals surface area (Å²) in [7, 11) is -2.98. The van der Waals surface area contributed by atoms with Crippen LogP contribution in [0.2, 0.25) is 0 Å². The van der Waals surface area contributed by atoms with Gasteiger partial charge in [0, 0.05) is 4.83 Å². The molecule has 0 rings (SSSR count). The Morgan fingerprint density at radius 2 is 2.33 bits per heavy atom. The zero-order valence-electron chi connectivity index (χ0n) is 8.27. The van der Waals surface area contributed by atoms with Gasteiger partial charge in [-0.3, -0.25) is 9.36 Å². The van der Waals surface area contributed by atoms with E-state index in [0.29, 0.717) is 0 Å². The third kappa shape index (κ3) is 6.22. The first-order chi connectivity index (χ1) is 6.79. The first-order valence-corrected chi connectivity index (χ1v) is 6.36. The normalized spacial score (nSPS) is 18.9. The third-order valence-corrected chi connectivity index (χ3v) is 2.72. The van der Waals surface area contributed by atoms with Gasteiger partial charge in [0.15, 0.2) is 5.78 Å². The minimum atomic E-state index is -2.98. The number of alkyl halides is 1. The van der Waals surface area contributed by atoms with Crippen molar-refractivity contribution in [1.29, 1.82) is 0 Å². The Bertz CT molecular complexity index is 266. The molecule has 0 fully saturated rings.